The standard InChI is InChI=1S/C20H19F3N2O4/c21-15-7-2-1-5-13(15)11-24-19(27)29-20(28)9-4-10-25(18(20)26)12-14-6-3-8-16(22)17(14)23/h1-3,5-8,28H,4,9-12H2,(H,24,27). The number of carbonyl (C=O) groups is 2. The molecular formula is C20H19F3N2O4. The fourth-order valence-corrected chi connectivity index (χ4v) is 3.09. The van der Waals surface area contributed by atoms with Crippen molar-refractivity contribution < 1.29 is 32.6 Å². The van der Waals surface area contributed by atoms with Crippen LogP contribution in [0.1, 0.15) is 24.0 Å². The van der Waals surface area contributed by atoms with Gasteiger partial charge in [0.25, 0.3) is 11.7 Å². The Morgan fingerprint density at radius 2 is 1.79 bits per heavy atom. The summed E-state index contributed by atoms with van der Waals surface area (Å²) >= 11 is 0. The van der Waals surface area contributed by atoms with Crippen molar-refractivity contribution in [3.05, 3.63) is 71.0 Å². The van der Waals surface area contributed by atoms with Crippen molar-refractivity contribution in [3.8, 4) is 0 Å². The monoisotopic (exact) mass is 408 g/mol. The molecule has 9 heteroatoms. The molecule has 2 aromatic rings. The van der Waals surface area contributed by atoms with Crippen LogP contribution in [0.3, 0.4) is 0 Å². The number of hydrogen-bond acceptors (Lipinski definition) is 4. The van der Waals surface area contributed by atoms with Crippen LogP contribution in [0.15, 0.2) is 42.5 Å². The predicted octanol–water partition coefficient (Wildman–Crippen LogP) is 2.84. The third-order valence-corrected chi connectivity index (χ3v) is 4.60. The van der Waals surface area contributed by atoms with E-state index in [0.29, 0.717) is 0 Å². The van der Waals surface area contributed by atoms with Crippen molar-refractivity contribution in [2.75, 3.05) is 6.54 Å². The lowest BCUT2D eigenvalue weighted by atomic mass is 10.0. The number of likely N-dealkylation sites (tertiary alicyclic amines) is 1. The predicted molar refractivity (Wildman–Crippen MR) is 95.7 cm³/mol. The molecule has 154 valence electrons. The first-order valence-corrected chi connectivity index (χ1v) is 8.95. The van der Waals surface area contributed by atoms with E-state index in [0.717, 1.165) is 11.0 Å². The average molecular weight is 408 g/mol. The van der Waals surface area contributed by atoms with E-state index in [9.17, 15) is 27.9 Å². The number of aliphatic hydroxyl groups is 1. The van der Waals surface area contributed by atoms with Gasteiger partial charge in [0.05, 0.1) is 0 Å². The van der Waals surface area contributed by atoms with E-state index in [1.165, 1.54) is 30.3 Å². The second kappa shape index (κ2) is 8.52. The van der Waals surface area contributed by atoms with E-state index >= 15 is 0 Å². The van der Waals surface area contributed by atoms with E-state index in [4.69, 9.17) is 4.74 Å². The molecule has 1 aliphatic heterocycles. The molecular weight excluding hydrogens is 389 g/mol. The number of piperidine rings is 1. The minimum absolute atomic E-state index is 0.0633. The molecule has 3 rings (SSSR count). The third-order valence-electron chi connectivity index (χ3n) is 4.60. The van der Waals surface area contributed by atoms with Crippen LogP contribution in [0.4, 0.5) is 18.0 Å². The summed E-state index contributed by atoms with van der Waals surface area (Å²) in [6.07, 6.45) is -0.983. The van der Waals surface area contributed by atoms with Crippen molar-refractivity contribution >= 4 is 12.0 Å². The van der Waals surface area contributed by atoms with Gasteiger partial charge in [-0.3, -0.25) is 4.79 Å². The Bertz CT molecular complexity index is 924. The molecule has 2 amide bonds. The number of benzene rings is 2. The Morgan fingerprint density at radius 1 is 1.10 bits per heavy atom. The molecule has 1 aliphatic rings. The van der Waals surface area contributed by atoms with Crippen LogP contribution < -0.4 is 5.32 Å². The Labute approximate surface area is 164 Å². The summed E-state index contributed by atoms with van der Waals surface area (Å²) in [6, 6.07) is 9.36. The SMILES string of the molecule is O=C(NCc1ccccc1F)OC1(O)CCCN(Cc2cccc(F)c2F)C1=O. The number of nitrogens with zero attached hydrogens (tertiary/aromatic N) is 1. The number of hydrogen-bond donors (Lipinski definition) is 2. The van der Waals surface area contributed by atoms with E-state index in [1.54, 1.807) is 6.07 Å². The van der Waals surface area contributed by atoms with Crippen LogP contribution in [0.25, 0.3) is 0 Å². The number of halogens is 3. The zero-order valence-electron chi connectivity index (χ0n) is 15.3. The van der Waals surface area contributed by atoms with Crippen LogP contribution in [0.2, 0.25) is 0 Å². The molecule has 0 saturated carbocycles. The normalized spacial score (nSPS) is 19.2. The lowest BCUT2D eigenvalue weighted by Crippen LogP contribution is -2.56. The summed E-state index contributed by atoms with van der Waals surface area (Å²) in [5.41, 5.74) is 0.140. The summed E-state index contributed by atoms with van der Waals surface area (Å²) < 4.78 is 45.7. The highest BCUT2D eigenvalue weighted by molar-refractivity contribution is 5.86. The number of amides is 2. The Morgan fingerprint density at radius 3 is 2.55 bits per heavy atom. The van der Waals surface area contributed by atoms with Gasteiger partial charge < -0.3 is 20.1 Å². The Hall–Kier alpha value is -3.07. The summed E-state index contributed by atoms with van der Waals surface area (Å²) in [5.74, 6) is -6.04. The van der Waals surface area contributed by atoms with Gasteiger partial charge in [-0.1, -0.05) is 30.3 Å². The Kier molecular flexibility index (Phi) is 6.07. The number of rotatable bonds is 5. The van der Waals surface area contributed by atoms with Gasteiger partial charge in [0.1, 0.15) is 5.82 Å². The first-order chi connectivity index (χ1) is 13.8. The second-order valence-electron chi connectivity index (χ2n) is 6.66. The maximum Gasteiger partial charge on any atom is 0.410 e. The fourth-order valence-electron chi connectivity index (χ4n) is 3.09. The molecule has 2 aromatic carbocycles. The van der Waals surface area contributed by atoms with Crippen molar-refractivity contribution in [2.24, 2.45) is 0 Å². The molecule has 6 nitrogen and oxygen atoms in total. The van der Waals surface area contributed by atoms with Crippen molar-refractivity contribution in [2.45, 2.75) is 31.7 Å². The first kappa shape index (κ1) is 20.7. The minimum atomic E-state index is -2.44. The van der Waals surface area contributed by atoms with Crippen LogP contribution in [-0.2, 0) is 22.6 Å². The average Bonchev–Trinajstić information content (AvgIpc) is 2.68. The summed E-state index contributed by atoms with van der Waals surface area (Å²) in [5, 5.41) is 12.8. The molecule has 0 aliphatic carbocycles. The first-order valence-electron chi connectivity index (χ1n) is 8.95. The molecule has 0 bridgehead atoms. The number of alkyl carbamates (subject to hydrolysis) is 1. The highest BCUT2D eigenvalue weighted by Gasteiger charge is 2.46. The largest absolute Gasteiger partial charge is 0.410 e. The van der Waals surface area contributed by atoms with E-state index in [1.807, 2.05) is 0 Å². The molecule has 29 heavy (non-hydrogen) atoms. The van der Waals surface area contributed by atoms with Gasteiger partial charge in [0.2, 0.25) is 0 Å². The molecule has 1 atom stereocenters. The quantitative estimate of drug-likeness (QED) is 0.746. The van der Waals surface area contributed by atoms with E-state index in [-0.39, 0.29) is 43.6 Å². The second-order valence-corrected chi connectivity index (χ2v) is 6.66. The number of carbonyl (C=O) groups excluding carboxylic acids is 2. The van der Waals surface area contributed by atoms with E-state index in [2.05, 4.69) is 5.32 Å². The van der Waals surface area contributed by atoms with Crippen molar-refractivity contribution in [3.63, 3.8) is 0 Å². The van der Waals surface area contributed by atoms with Gasteiger partial charge in [0, 0.05) is 37.2 Å². The maximum atomic E-state index is 13.9. The lowest BCUT2D eigenvalue weighted by Gasteiger charge is -2.37. The van der Waals surface area contributed by atoms with Gasteiger partial charge in [-0.15, -0.1) is 0 Å². The van der Waals surface area contributed by atoms with Gasteiger partial charge in [-0.2, -0.15) is 0 Å². The van der Waals surface area contributed by atoms with Crippen LogP contribution in [0, 0.1) is 17.5 Å². The van der Waals surface area contributed by atoms with Gasteiger partial charge >= 0.3 is 6.09 Å². The lowest BCUT2D eigenvalue weighted by molar-refractivity contribution is -0.206. The number of nitrogens with one attached hydrogen (secondary N) is 1. The third kappa shape index (κ3) is 4.68. The molecule has 1 unspecified atom stereocenters. The topological polar surface area (TPSA) is 78.9 Å². The molecule has 1 fully saturated rings. The molecule has 2 N–H and O–H groups in total. The summed E-state index contributed by atoms with van der Waals surface area (Å²) in [7, 11) is 0. The Balaban J connectivity index is 1.64. The van der Waals surface area contributed by atoms with Gasteiger partial charge in [-0.05, 0) is 18.6 Å². The molecule has 1 saturated heterocycles. The molecule has 0 aromatic heterocycles. The highest BCUT2D eigenvalue weighted by atomic mass is 19.2. The van der Waals surface area contributed by atoms with Crippen LogP contribution in [-0.4, -0.2) is 34.3 Å². The van der Waals surface area contributed by atoms with Crippen molar-refractivity contribution in [1.29, 1.82) is 0 Å². The van der Waals surface area contributed by atoms with Gasteiger partial charge in [0.15, 0.2) is 11.6 Å². The zero-order chi connectivity index (χ0) is 21.0. The van der Waals surface area contributed by atoms with E-state index < -0.39 is 35.2 Å². The summed E-state index contributed by atoms with van der Waals surface area (Å²) in [6.45, 7) is -0.309. The molecule has 0 radical (unpaired) electrons. The number of ether oxygens (including phenoxy) is 1. The van der Waals surface area contributed by atoms with Gasteiger partial charge in [-0.25, -0.2) is 18.0 Å². The fraction of sp³-hybridized carbons (Fsp3) is 0.300. The molecule has 1 heterocycles. The molecule has 0 spiro atoms. The maximum absolute atomic E-state index is 13.9. The zero-order valence-corrected chi connectivity index (χ0v) is 15.3. The highest BCUT2D eigenvalue weighted by Crippen LogP contribution is 2.26. The smallest absolute Gasteiger partial charge is 0.407 e. The minimum Gasteiger partial charge on any atom is -0.407 e. The van der Waals surface area contributed by atoms with Crippen LogP contribution >= 0.6 is 0 Å². The van der Waals surface area contributed by atoms with Crippen molar-refractivity contribution in [1.82, 2.24) is 10.2 Å². The summed E-state index contributed by atoms with van der Waals surface area (Å²) in [4.78, 5) is 25.7. The van der Waals surface area contributed by atoms with Crippen LogP contribution in [0.5, 0.6) is 0 Å².